The maximum Gasteiger partial charge on any atom is 0.335 e. The second-order valence-electron chi connectivity index (χ2n) is 10.3. The summed E-state index contributed by atoms with van der Waals surface area (Å²) in [5, 5.41) is 10.1. The molecule has 1 atom stereocenters. The van der Waals surface area contributed by atoms with Crippen molar-refractivity contribution in [2.75, 3.05) is 18.6 Å². The number of carboxylic acid groups (broad SMARTS) is 1. The van der Waals surface area contributed by atoms with Gasteiger partial charge >= 0.3 is 5.97 Å². The lowest BCUT2D eigenvalue weighted by Crippen LogP contribution is -2.21. The van der Waals surface area contributed by atoms with Gasteiger partial charge in [-0.15, -0.1) is 0 Å². The first kappa shape index (κ1) is 25.5. The van der Waals surface area contributed by atoms with Gasteiger partial charge in [0.1, 0.15) is 18.0 Å². The molecule has 3 aromatic carbocycles. The Labute approximate surface area is 222 Å². The summed E-state index contributed by atoms with van der Waals surface area (Å²) in [5.74, 6) is -0.194. The van der Waals surface area contributed by atoms with Crippen LogP contribution in [-0.4, -0.2) is 31.0 Å². The molecular formula is C32H32N2O4. The monoisotopic (exact) mass is 508 g/mol. The minimum Gasteiger partial charge on any atom is -0.478 e. The Morgan fingerprint density at radius 1 is 1.13 bits per heavy atom. The lowest BCUT2D eigenvalue weighted by atomic mass is 9.90. The highest BCUT2D eigenvalue weighted by atomic mass is 16.4. The Morgan fingerprint density at radius 2 is 1.92 bits per heavy atom. The standard InChI is InChI=1S/C32H32N2O4/c1-19-14-26(20(2)8-7-10-22-9-5-6-11-25(22)32(36)37)31-27(15-19)29(35)21(3)30(38-31)23-12-13-28-24(16-23)17-33-18-34(28)4/h5-6,9,11-17,20H,7-8,10,18H2,1-4H3,(H,36,37). The van der Waals surface area contributed by atoms with Crippen LogP contribution in [0, 0.1) is 13.8 Å². The van der Waals surface area contributed by atoms with E-state index in [2.05, 4.69) is 22.9 Å². The van der Waals surface area contributed by atoms with Gasteiger partial charge in [-0.3, -0.25) is 9.79 Å². The molecule has 5 rings (SSSR count). The Morgan fingerprint density at radius 3 is 2.71 bits per heavy atom. The van der Waals surface area contributed by atoms with Gasteiger partial charge in [-0.1, -0.05) is 31.2 Å². The van der Waals surface area contributed by atoms with Gasteiger partial charge in [-0.05, 0) is 86.1 Å². The van der Waals surface area contributed by atoms with Crippen LogP contribution >= 0.6 is 0 Å². The highest BCUT2D eigenvalue weighted by molar-refractivity contribution is 5.92. The van der Waals surface area contributed by atoms with Gasteiger partial charge in [0.05, 0.1) is 10.9 Å². The van der Waals surface area contributed by atoms with Crippen LogP contribution in [0.25, 0.3) is 22.3 Å². The number of anilines is 1. The van der Waals surface area contributed by atoms with E-state index in [1.165, 1.54) is 0 Å². The minimum atomic E-state index is -0.900. The molecule has 6 heteroatoms. The number of carbonyl (C=O) groups is 1. The summed E-state index contributed by atoms with van der Waals surface area (Å²) in [7, 11) is 2.01. The Bertz CT molecular complexity index is 1630. The molecule has 0 fully saturated rings. The number of fused-ring (bicyclic) bond motifs is 2. The predicted octanol–water partition coefficient (Wildman–Crippen LogP) is 6.73. The molecule has 1 N–H and O–H groups in total. The lowest BCUT2D eigenvalue weighted by Gasteiger charge is -2.23. The van der Waals surface area contributed by atoms with Crippen LogP contribution in [0.15, 0.2) is 68.8 Å². The van der Waals surface area contributed by atoms with Crippen molar-refractivity contribution < 1.29 is 14.3 Å². The summed E-state index contributed by atoms with van der Waals surface area (Å²) in [5.41, 5.74) is 7.37. The molecule has 1 aliphatic rings. The first-order valence-electron chi connectivity index (χ1n) is 13.0. The van der Waals surface area contributed by atoms with E-state index < -0.39 is 5.97 Å². The number of rotatable bonds is 7. The first-order valence-corrected chi connectivity index (χ1v) is 13.0. The van der Waals surface area contributed by atoms with E-state index in [9.17, 15) is 14.7 Å². The van der Waals surface area contributed by atoms with E-state index in [4.69, 9.17) is 4.42 Å². The maximum absolute atomic E-state index is 13.5. The largest absolute Gasteiger partial charge is 0.478 e. The molecule has 194 valence electrons. The van der Waals surface area contributed by atoms with Crippen molar-refractivity contribution >= 4 is 28.8 Å². The van der Waals surface area contributed by atoms with Gasteiger partial charge in [0.25, 0.3) is 0 Å². The average Bonchev–Trinajstić information content (AvgIpc) is 2.90. The minimum absolute atomic E-state index is 0.0164. The van der Waals surface area contributed by atoms with E-state index in [0.717, 1.165) is 46.3 Å². The number of hydrogen-bond donors (Lipinski definition) is 1. The topological polar surface area (TPSA) is 83.1 Å². The number of aromatic carboxylic acids is 1. The number of carboxylic acids is 1. The van der Waals surface area contributed by atoms with E-state index in [0.29, 0.717) is 40.9 Å². The lowest BCUT2D eigenvalue weighted by molar-refractivity contribution is 0.0695. The Hall–Kier alpha value is -4.19. The SMILES string of the molecule is Cc1cc(C(C)CCCc2ccccc2C(=O)O)c2oc(-c3ccc4c(c3)C=NCN4C)c(C)c(=O)c2c1. The molecule has 6 nitrogen and oxygen atoms in total. The summed E-state index contributed by atoms with van der Waals surface area (Å²) >= 11 is 0. The number of hydrogen-bond acceptors (Lipinski definition) is 5. The van der Waals surface area contributed by atoms with Crippen LogP contribution in [0.3, 0.4) is 0 Å². The van der Waals surface area contributed by atoms with Crippen molar-refractivity contribution in [3.05, 3.63) is 98.2 Å². The van der Waals surface area contributed by atoms with E-state index in [1.807, 2.05) is 63.5 Å². The molecule has 1 unspecified atom stereocenters. The number of nitrogens with zero attached hydrogens (tertiary/aromatic N) is 2. The van der Waals surface area contributed by atoms with Crippen molar-refractivity contribution in [2.24, 2.45) is 4.99 Å². The van der Waals surface area contributed by atoms with Gasteiger partial charge in [0.15, 0.2) is 5.43 Å². The van der Waals surface area contributed by atoms with Gasteiger partial charge in [0.2, 0.25) is 0 Å². The zero-order chi connectivity index (χ0) is 27.0. The van der Waals surface area contributed by atoms with Crippen LogP contribution in [-0.2, 0) is 6.42 Å². The number of aryl methyl sites for hydroxylation is 2. The molecule has 0 amide bonds. The molecule has 0 radical (unpaired) electrons. The van der Waals surface area contributed by atoms with Crippen LogP contribution < -0.4 is 10.3 Å². The van der Waals surface area contributed by atoms with Crippen LogP contribution in [0.2, 0.25) is 0 Å². The fraction of sp³-hybridized carbons (Fsp3) is 0.281. The Kier molecular flexibility index (Phi) is 6.89. The fourth-order valence-corrected chi connectivity index (χ4v) is 5.39. The fourth-order valence-electron chi connectivity index (χ4n) is 5.39. The average molecular weight is 509 g/mol. The van der Waals surface area contributed by atoms with Crippen molar-refractivity contribution in [3.63, 3.8) is 0 Å². The van der Waals surface area contributed by atoms with Crippen molar-refractivity contribution in [1.82, 2.24) is 0 Å². The van der Waals surface area contributed by atoms with Gasteiger partial charge < -0.3 is 14.4 Å². The first-order chi connectivity index (χ1) is 18.2. The quantitative estimate of drug-likeness (QED) is 0.299. The van der Waals surface area contributed by atoms with Gasteiger partial charge in [-0.2, -0.15) is 0 Å². The molecule has 4 aromatic rings. The van der Waals surface area contributed by atoms with Gasteiger partial charge in [-0.25, -0.2) is 4.79 Å². The van der Waals surface area contributed by atoms with Crippen molar-refractivity contribution in [2.45, 2.75) is 46.0 Å². The molecule has 1 aliphatic heterocycles. The summed E-state index contributed by atoms with van der Waals surface area (Å²) in [4.78, 5) is 31.6. The van der Waals surface area contributed by atoms with Crippen LogP contribution in [0.5, 0.6) is 0 Å². The predicted molar refractivity (Wildman–Crippen MR) is 153 cm³/mol. The Balaban J connectivity index is 1.50. The summed E-state index contributed by atoms with van der Waals surface area (Å²) in [6.07, 6.45) is 4.20. The molecule has 0 saturated carbocycles. The molecule has 0 saturated heterocycles. The zero-order valence-corrected chi connectivity index (χ0v) is 22.2. The van der Waals surface area contributed by atoms with Gasteiger partial charge in [0, 0.05) is 35.6 Å². The van der Waals surface area contributed by atoms with Crippen LogP contribution in [0.1, 0.15) is 63.9 Å². The van der Waals surface area contributed by atoms with E-state index in [1.54, 1.807) is 12.1 Å². The summed E-state index contributed by atoms with van der Waals surface area (Å²) in [6, 6.07) is 17.3. The normalized spacial score (nSPS) is 13.5. The van der Waals surface area contributed by atoms with E-state index >= 15 is 0 Å². The molecule has 0 aliphatic carbocycles. The highest BCUT2D eigenvalue weighted by Crippen LogP contribution is 2.35. The molecule has 2 heterocycles. The molecule has 0 bridgehead atoms. The van der Waals surface area contributed by atoms with E-state index in [-0.39, 0.29) is 11.3 Å². The highest BCUT2D eigenvalue weighted by Gasteiger charge is 2.20. The third-order valence-corrected chi connectivity index (χ3v) is 7.48. The van der Waals surface area contributed by atoms with Crippen LogP contribution in [0.4, 0.5) is 5.69 Å². The third-order valence-electron chi connectivity index (χ3n) is 7.48. The molecule has 38 heavy (non-hydrogen) atoms. The number of aliphatic imine (C=N–C) groups is 1. The number of benzene rings is 3. The zero-order valence-electron chi connectivity index (χ0n) is 22.2. The molecule has 1 aromatic heterocycles. The maximum atomic E-state index is 13.5. The molecule has 0 spiro atoms. The third kappa shape index (κ3) is 4.74. The second-order valence-corrected chi connectivity index (χ2v) is 10.3. The summed E-state index contributed by atoms with van der Waals surface area (Å²) in [6.45, 7) is 6.59. The van der Waals surface area contributed by atoms with Crippen molar-refractivity contribution in [3.8, 4) is 11.3 Å². The molecular weight excluding hydrogens is 476 g/mol. The second kappa shape index (κ2) is 10.3. The van der Waals surface area contributed by atoms with Crippen molar-refractivity contribution in [1.29, 1.82) is 0 Å². The smallest absolute Gasteiger partial charge is 0.335 e. The summed E-state index contributed by atoms with van der Waals surface area (Å²) < 4.78 is 6.56.